The van der Waals surface area contributed by atoms with Crippen LogP contribution < -0.4 is 5.32 Å². The lowest BCUT2D eigenvalue weighted by Crippen LogP contribution is -2.03. The van der Waals surface area contributed by atoms with Gasteiger partial charge >= 0.3 is 5.97 Å². The monoisotopic (exact) mass is 271 g/mol. The molecule has 3 aromatic rings. The van der Waals surface area contributed by atoms with Crippen LogP contribution in [-0.4, -0.2) is 21.3 Å². The number of nitrogens with zero attached hydrogens (tertiary/aromatic N) is 2. The van der Waals surface area contributed by atoms with E-state index in [4.69, 9.17) is 5.11 Å². The minimum atomic E-state index is -1.08. The summed E-state index contributed by atoms with van der Waals surface area (Å²) in [6.07, 6.45) is 0. The molecule has 2 aromatic heterocycles. The van der Waals surface area contributed by atoms with Gasteiger partial charge in [0.2, 0.25) is 0 Å². The van der Waals surface area contributed by atoms with Crippen LogP contribution in [0.3, 0.4) is 0 Å². The van der Waals surface area contributed by atoms with Crippen LogP contribution in [0.4, 0.5) is 11.5 Å². The Labute approximate surface area is 112 Å². The van der Waals surface area contributed by atoms with Gasteiger partial charge in [-0.1, -0.05) is 0 Å². The van der Waals surface area contributed by atoms with Crippen LogP contribution >= 0.6 is 11.3 Å². The van der Waals surface area contributed by atoms with E-state index in [-0.39, 0.29) is 5.69 Å². The lowest BCUT2D eigenvalue weighted by Gasteiger charge is -2.04. The molecule has 3 rings (SSSR count). The molecule has 0 unspecified atom stereocenters. The molecule has 0 aliphatic heterocycles. The van der Waals surface area contributed by atoms with Crippen molar-refractivity contribution in [3.8, 4) is 0 Å². The van der Waals surface area contributed by atoms with Gasteiger partial charge in [0, 0.05) is 10.4 Å². The van der Waals surface area contributed by atoms with Crippen molar-refractivity contribution in [1.82, 2.24) is 10.2 Å². The van der Waals surface area contributed by atoms with E-state index >= 15 is 0 Å². The van der Waals surface area contributed by atoms with Crippen LogP contribution in [0.5, 0.6) is 0 Å². The first-order chi connectivity index (χ1) is 9.22. The molecule has 94 valence electrons. The van der Waals surface area contributed by atoms with E-state index in [0.717, 1.165) is 11.1 Å². The van der Waals surface area contributed by atoms with Crippen LogP contribution in [0.1, 0.15) is 10.5 Å². The molecule has 1 aromatic carbocycles. The van der Waals surface area contributed by atoms with Crippen molar-refractivity contribution < 1.29 is 9.90 Å². The second-order valence-corrected chi connectivity index (χ2v) is 4.85. The molecule has 0 amide bonds. The van der Waals surface area contributed by atoms with Crippen molar-refractivity contribution in [2.45, 2.75) is 0 Å². The Hall–Kier alpha value is -2.47. The van der Waals surface area contributed by atoms with Crippen molar-refractivity contribution in [3.63, 3.8) is 0 Å². The van der Waals surface area contributed by atoms with E-state index in [9.17, 15) is 4.79 Å². The first-order valence-electron chi connectivity index (χ1n) is 5.54. The molecule has 2 heterocycles. The molecule has 0 fully saturated rings. The fourth-order valence-electron chi connectivity index (χ4n) is 1.71. The third-order valence-electron chi connectivity index (χ3n) is 2.61. The number of benzene rings is 1. The fraction of sp³-hybridized carbons (Fsp3) is 0. The summed E-state index contributed by atoms with van der Waals surface area (Å²) in [5.41, 5.74) is 0.821. The number of anilines is 2. The SMILES string of the molecule is O=C(O)c1ccc(Nc2ccc3sccc3c2)nn1. The van der Waals surface area contributed by atoms with E-state index in [1.54, 1.807) is 17.4 Å². The van der Waals surface area contributed by atoms with Gasteiger partial charge in [-0.05, 0) is 47.2 Å². The summed E-state index contributed by atoms with van der Waals surface area (Å²) in [4.78, 5) is 10.7. The predicted octanol–water partition coefficient (Wildman–Crippen LogP) is 3.13. The number of carboxylic acid groups (broad SMARTS) is 1. The molecule has 19 heavy (non-hydrogen) atoms. The quantitative estimate of drug-likeness (QED) is 0.765. The topological polar surface area (TPSA) is 75.1 Å². The molecule has 0 saturated heterocycles. The summed E-state index contributed by atoms with van der Waals surface area (Å²) >= 11 is 1.69. The summed E-state index contributed by atoms with van der Waals surface area (Å²) in [7, 11) is 0. The number of thiophene rings is 1. The molecule has 0 aliphatic rings. The van der Waals surface area contributed by atoms with Crippen LogP contribution in [0.2, 0.25) is 0 Å². The van der Waals surface area contributed by atoms with E-state index < -0.39 is 5.97 Å². The lowest BCUT2D eigenvalue weighted by atomic mass is 10.2. The van der Waals surface area contributed by atoms with Gasteiger partial charge in [0.1, 0.15) is 0 Å². The van der Waals surface area contributed by atoms with Gasteiger partial charge in [0.05, 0.1) is 0 Å². The highest BCUT2D eigenvalue weighted by Crippen LogP contribution is 2.25. The van der Waals surface area contributed by atoms with Gasteiger partial charge in [-0.3, -0.25) is 0 Å². The molecule has 0 radical (unpaired) electrons. The lowest BCUT2D eigenvalue weighted by molar-refractivity contribution is 0.0689. The number of nitrogens with one attached hydrogen (secondary N) is 1. The molecule has 0 aliphatic carbocycles. The Balaban J connectivity index is 1.85. The van der Waals surface area contributed by atoms with Gasteiger partial charge in [-0.2, -0.15) is 0 Å². The largest absolute Gasteiger partial charge is 0.476 e. The minimum Gasteiger partial charge on any atom is -0.476 e. The molecule has 0 saturated carbocycles. The predicted molar refractivity (Wildman–Crippen MR) is 74.1 cm³/mol. The van der Waals surface area contributed by atoms with E-state index in [1.807, 2.05) is 29.6 Å². The maximum absolute atomic E-state index is 10.7. The zero-order chi connectivity index (χ0) is 13.2. The molecule has 6 heteroatoms. The zero-order valence-corrected chi connectivity index (χ0v) is 10.5. The van der Waals surface area contributed by atoms with Crippen molar-refractivity contribution in [1.29, 1.82) is 0 Å². The highest BCUT2D eigenvalue weighted by atomic mass is 32.1. The van der Waals surface area contributed by atoms with Crippen molar-refractivity contribution in [3.05, 3.63) is 47.5 Å². The average Bonchev–Trinajstić information content (AvgIpc) is 2.87. The molecule has 0 bridgehead atoms. The van der Waals surface area contributed by atoms with Crippen LogP contribution in [0.15, 0.2) is 41.8 Å². The van der Waals surface area contributed by atoms with Crippen molar-refractivity contribution in [2.24, 2.45) is 0 Å². The highest BCUT2D eigenvalue weighted by Gasteiger charge is 2.05. The Bertz CT molecular complexity index is 737. The number of aromatic nitrogens is 2. The highest BCUT2D eigenvalue weighted by molar-refractivity contribution is 7.17. The molecule has 5 nitrogen and oxygen atoms in total. The van der Waals surface area contributed by atoms with Gasteiger partial charge in [0.15, 0.2) is 11.5 Å². The van der Waals surface area contributed by atoms with E-state index in [1.165, 1.54) is 10.8 Å². The van der Waals surface area contributed by atoms with E-state index in [2.05, 4.69) is 15.5 Å². The summed E-state index contributed by atoms with van der Waals surface area (Å²) in [5.74, 6) is -0.571. The smallest absolute Gasteiger partial charge is 0.356 e. The first-order valence-corrected chi connectivity index (χ1v) is 6.42. The Kier molecular flexibility index (Phi) is 2.85. The third kappa shape index (κ3) is 2.38. The number of aromatic carboxylic acids is 1. The Morgan fingerprint density at radius 2 is 2.05 bits per heavy atom. The first kappa shape index (κ1) is 11.6. The Morgan fingerprint density at radius 3 is 2.79 bits per heavy atom. The standard InChI is InChI=1S/C13H9N3O2S/c17-13(18)10-2-4-12(16-15-10)14-9-1-3-11-8(7-9)5-6-19-11/h1-7H,(H,14,16)(H,17,18). The van der Waals surface area contributed by atoms with Gasteiger partial charge < -0.3 is 10.4 Å². The van der Waals surface area contributed by atoms with E-state index in [0.29, 0.717) is 5.82 Å². The normalized spacial score (nSPS) is 10.5. The van der Waals surface area contributed by atoms with Crippen LogP contribution in [0.25, 0.3) is 10.1 Å². The summed E-state index contributed by atoms with van der Waals surface area (Å²) in [5, 5.41) is 22.5. The van der Waals surface area contributed by atoms with Crippen molar-refractivity contribution in [2.75, 3.05) is 5.32 Å². The number of hydrogen-bond acceptors (Lipinski definition) is 5. The van der Waals surface area contributed by atoms with Gasteiger partial charge in [-0.25, -0.2) is 4.79 Å². The zero-order valence-electron chi connectivity index (χ0n) is 9.70. The third-order valence-corrected chi connectivity index (χ3v) is 3.51. The number of carboxylic acids is 1. The number of rotatable bonds is 3. The molecular weight excluding hydrogens is 262 g/mol. The maximum Gasteiger partial charge on any atom is 0.356 e. The molecule has 0 atom stereocenters. The van der Waals surface area contributed by atoms with Gasteiger partial charge in [-0.15, -0.1) is 21.5 Å². The minimum absolute atomic E-state index is 0.0705. The van der Waals surface area contributed by atoms with Crippen LogP contribution in [-0.2, 0) is 0 Å². The summed E-state index contributed by atoms with van der Waals surface area (Å²) in [6.45, 7) is 0. The fourth-order valence-corrected chi connectivity index (χ4v) is 2.48. The van der Waals surface area contributed by atoms with Gasteiger partial charge in [0.25, 0.3) is 0 Å². The second-order valence-electron chi connectivity index (χ2n) is 3.91. The second kappa shape index (κ2) is 4.66. The average molecular weight is 271 g/mol. The number of hydrogen-bond donors (Lipinski definition) is 2. The molecule has 0 spiro atoms. The summed E-state index contributed by atoms with van der Waals surface area (Å²) < 4.78 is 1.22. The summed E-state index contributed by atoms with van der Waals surface area (Å²) in [6, 6.07) is 11.0. The number of carbonyl (C=O) groups is 1. The maximum atomic E-state index is 10.7. The number of fused-ring (bicyclic) bond motifs is 1. The molecule has 2 N–H and O–H groups in total. The Morgan fingerprint density at radius 1 is 1.16 bits per heavy atom. The van der Waals surface area contributed by atoms with Crippen molar-refractivity contribution >= 4 is 38.9 Å². The molecular formula is C13H9N3O2S. The van der Waals surface area contributed by atoms with Crippen LogP contribution in [0, 0.1) is 0 Å².